The topological polar surface area (TPSA) is 46.9 Å². The van der Waals surface area contributed by atoms with Gasteiger partial charge in [0.2, 0.25) is 0 Å². The summed E-state index contributed by atoms with van der Waals surface area (Å²) in [4.78, 5) is 16.6. The minimum absolute atomic E-state index is 0.0621. The van der Waals surface area contributed by atoms with Gasteiger partial charge in [-0.25, -0.2) is 4.98 Å². The normalized spacial score (nSPS) is 12.0. The molecule has 0 aliphatic rings. The number of hydrogen-bond acceptors (Lipinski definition) is 2. The number of hydrogen-bond donors (Lipinski definition) is 1. The van der Waals surface area contributed by atoms with Crippen LogP contribution in [-0.4, -0.2) is 22.0 Å². The first-order chi connectivity index (χ1) is 11.0. The molecule has 1 amide bonds. The quantitative estimate of drug-likeness (QED) is 0.451. The van der Waals surface area contributed by atoms with E-state index in [0.29, 0.717) is 12.1 Å². The molecule has 0 radical (unpaired) electrons. The maximum Gasteiger partial charge on any atom is 0.251 e. The third kappa shape index (κ3) is 6.51. The van der Waals surface area contributed by atoms with Crippen molar-refractivity contribution < 1.29 is 4.79 Å². The number of carbonyl (C=O) groups is 1. The van der Waals surface area contributed by atoms with Crippen molar-refractivity contribution in [2.24, 2.45) is 0 Å². The van der Waals surface area contributed by atoms with Gasteiger partial charge in [-0.1, -0.05) is 36.0 Å². The van der Waals surface area contributed by atoms with Crippen LogP contribution in [0.5, 0.6) is 0 Å². The molecule has 0 spiro atoms. The minimum atomic E-state index is -0.0621. The molecular formula is C19H27N3O. The molecule has 1 aromatic rings. The van der Waals surface area contributed by atoms with E-state index in [9.17, 15) is 4.79 Å². The molecule has 0 saturated carbocycles. The Hall–Kier alpha value is -2.36. The minimum Gasteiger partial charge on any atom is -0.352 e. The van der Waals surface area contributed by atoms with Crippen molar-refractivity contribution in [3.05, 3.63) is 65.8 Å². The van der Waals surface area contributed by atoms with Crippen LogP contribution in [0.1, 0.15) is 34.1 Å². The van der Waals surface area contributed by atoms with Crippen molar-refractivity contribution in [1.29, 1.82) is 0 Å². The van der Waals surface area contributed by atoms with Gasteiger partial charge in [0.05, 0.1) is 6.33 Å². The number of amides is 1. The molecule has 0 atom stereocenters. The van der Waals surface area contributed by atoms with Gasteiger partial charge in [0.25, 0.3) is 5.91 Å². The summed E-state index contributed by atoms with van der Waals surface area (Å²) in [5, 5.41) is 2.99. The Kier molecular flexibility index (Phi) is 7.81. The van der Waals surface area contributed by atoms with Crippen LogP contribution in [0.15, 0.2) is 65.8 Å². The molecule has 4 nitrogen and oxygen atoms in total. The first kappa shape index (κ1) is 18.7. The molecule has 0 aliphatic carbocycles. The van der Waals surface area contributed by atoms with Crippen molar-refractivity contribution in [2.45, 2.75) is 40.7 Å². The molecule has 4 heteroatoms. The fourth-order valence-corrected chi connectivity index (χ4v) is 2.16. The molecule has 0 aliphatic heterocycles. The number of nitrogens with one attached hydrogen (secondary N) is 1. The van der Waals surface area contributed by atoms with Crippen molar-refractivity contribution >= 4 is 5.91 Å². The standard InChI is InChI=1S/C19H27N3O/c1-6-8-17(16(4)5)18(13-15(2)3)19(23)21-9-7-11-22-12-10-20-14-22/h6,8,10,12-14H,4,7,9,11H2,1-3,5H3,(H,21,23). The number of carbonyl (C=O) groups excluding carboxylic acids is 1. The highest BCUT2D eigenvalue weighted by Crippen LogP contribution is 2.18. The average Bonchev–Trinajstić information content (AvgIpc) is 2.99. The van der Waals surface area contributed by atoms with Crippen LogP contribution in [0.25, 0.3) is 0 Å². The molecule has 1 heterocycles. The molecule has 0 saturated heterocycles. The molecule has 23 heavy (non-hydrogen) atoms. The van der Waals surface area contributed by atoms with Gasteiger partial charge in [-0.2, -0.15) is 0 Å². The van der Waals surface area contributed by atoms with Crippen molar-refractivity contribution in [3.8, 4) is 0 Å². The monoisotopic (exact) mass is 313 g/mol. The second kappa shape index (κ2) is 9.62. The van der Waals surface area contributed by atoms with Gasteiger partial charge in [0.1, 0.15) is 0 Å². The lowest BCUT2D eigenvalue weighted by Crippen LogP contribution is -2.27. The van der Waals surface area contributed by atoms with Gasteiger partial charge in [-0.15, -0.1) is 0 Å². The molecule has 0 aromatic carbocycles. The fourth-order valence-electron chi connectivity index (χ4n) is 2.16. The summed E-state index contributed by atoms with van der Waals surface area (Å²) in [5.74, 6) is -0.0621. The molecule has 0 bridgehead atoms. The molecule has 1 N–H and O–H groups in total. The summed E-state index contributed by atoms with van der Waals surface area (Å²) in [5.41, 5.74) is 3.50. The zero-order chi connectivity index (χ0) is 17.2. The largest absolute Gasteiger partial charge is 0.352 e. The summed E-state index contributed by atoms with van der Waals surface area (Å²) in [7, 11) is 0. The summed E-state index contributed by atoms with van der Waals surface area (Å²) < 4.78 is 2.00. The van der Waals surface area contributed by atoms with Gasteiger partial charge >= 0.3 is 0 Å². The van der Waals surface area contributed by atoms with Gasteiger partial charge < -0.3 is 9.88 Å². The Morgan fingerprint density at radius 2 is 2.04 bits per heavy atom. The van der Waals surface area contributed by atoms with Crippen LogP contribution in [0, 0.1) is 0 Å². The van der Waals surface area contributed by atoms with E-state index in [1.54, 1.807) is 12.5 Å². The number of allylic oxidation sites excluding steroid dienone is 5. The Labute approximate surface area is 139 Å². The lowest BCUT2D eigenvalue weighted by molar-refractivity contribution is -0.117. The van der Waals surface area contributed by atoms with Gasteiger partial charge in [0, 0.05) is 31.1 Å². The first-order valence-electron chi connectivity index (χ1n) is 7.87. The van der Waals surface area contributed by atoms with Crippen LogP contribution in [0.3, 0.4) is 0 Å². The SMILES string of the molecule is C=C(C)C(C=CC)=C(C=C(C)C)C(=O)NCCCn1ccnc1. The smallest absolute Gasteiger partial charge is 0.251 e. The van der Waals surface area contributed by atoms with Gasteiger partial charge in [-0.3, -0.25) is 4.79 Å². The van der Waals surface area contributed by atoms with Gasteiger partial charge in [0.15, 0.2) is 0 Å². The van der Waals surface area contributed by atoms with E-state index >= 15 is 0 Å². The molecule has 1 rings (SSSR count). The Morgan fingerprint density at radius 1 is 1.30 bits per heavy atom. The highest BCUT2D eigenvalue weighted by molar-refractivity contribution is 5.98. The lowest BCUT2D eigenvalue weighted by Gasteiger charge is -2.11. The predicted molar refractivity (Wildman–Crippen MR) is 95.9 cm³/mol. The number of nitrogens with zero attached hydrogens (tertiary/aromatic N) is 2. The summed E-state index contributed by atoms with van der Waals surface area (Å²) in [6, 6.07) is 0. The Bertz CT molecular complexity index is 615. The van der Waals surface area contributed by atoms with Crippen LogP contribution in [0.4, 0.5) is 0 Å². The third-order valence-corrected chi connectivity index (χ3v) is 3.20. The van der Waals surface area contributed by atoms with Crippen LogP contribution < -0.4 is 5.32 Å². The second-order valence-electron chi connectivity index (χ2n) is 5.74. The van der Waals surface area contributed by atoms with E-state index in [2.05, 4.69) is 16.9 Å². The second-order valence-corrected chi connectivity index (χ2v) is 5.74. The van der Waals surface area contributed by atoms with E-state index in [1.807, 2.05) is 56.7 Å². The molecular weight excluding hydrogens is 286 g/mol. The molecule has 124 valence electrons. The van der Waals surface area contributed by atoms with Crippen LogP contribution >= 0.6 is 0 Å². The van der Waals surface area contributed by atoms with Crippen molar-refractivity contribution in [3.63, 3.8) is 0 Å². The zero-order valence-corrected chi connectivity index (χ0v) is 14.6. The van der Waals surface area contributed by atoms with Crippen LogP contribution in [0.2, 0.25) is 0 Å². The number of rotatable bonds is 8. The van der Waals surface area contributed by atoms with Crippen molar-refractivity contribution in [1.82, 2.24) is 14.9 Å². The summed E-state index contributed by atoms with van der Waals surface area (Å²) >= 11 is 0. The molecule has 0 unspecified atom stereocenters. The fraction of sp³-hybridized carbons (Fsp3) is 0.368. The first-order valence-corrected chi connectivity index (χ1v) is 7.87. The molecule has 1 aromatic heterocycles. The zero-order valence-electron chi connectivity index (χ0n) is 14.6. The Balaban J connectivity index is 2.78. The number of imidazole rings is 1. The summed E-state index contributed by atoms with van der Waals surface area (Å²) in [6.07, 6.45) is 12.1. The maximum absolute atomic E-state index is 12.6. The maximum atomic E-state index is 12.6. The van der Waals surface area contributed by atoms with E-state index in [4.69, 9.17) is 0 Å². The average molecular weight is 313 g/mol. The van der Waals surface area contributed by atoms with E-state index in [1.165, 1.54) is 0 Å². The van der Waals surface area contributed by atoms with Gasteiger partial charge in [-0.05, 0) is 39.7 Å². The lowest BCUT2D eigenvalue weighted by atomic mass is 9.99. The van der Waals surface area contributed by atoms with E-state index in [0.717, 1.165) is 29.7 Å². The van der Waals surface area contributed by atoms with Crippen molar-refractivity contribution in [2.75, 3.05) is 6.54 Å². The van der Waals surface area contributed by atoms with E-state index < -0.39 is 0 Å². The predicted octanol–water partition coefficient (Wildman–Crippen LogP) is 3.80. The number of aryl methyl sites for hydroxylation is 1. The third-order valence-electron chi connectivity index (χ3n) is 3.20. The highest BCUT2D eigenvalue weighted by Gasteiger charge is 2.12. The van der Waals surface area contributed by atoms with Crippen LogP contribution in [-0.2, 0) is 11.3 Å². The number of aromatic nitrogens is 2. The summed E-state index contributed by atoms with van der Waals surface area (Å²) in [6.45, 7) is 13.3. The van der Waals surface area contributed by atoms with E-state index in [-0.39, 0.29) is 5.91 Å². The Morgan fingerprint density at radius 3 is 2.57 bits per heavy atom. The highest BCUT2D eigenvalue weighted by atomic mass is 16.1. The molecule has 0 fully saturated rings.